The SMILES string of the molecule is N#Cc1cccc(C(=O)N2CCn3cccc3C2c2ccccc2)c1. The third kappa shape index (κ3) is 2.70. The normalized spacial score (nSPS) is 16.1. The molecule has 0 radical (unpaired) electrons. The Balaban J connectivity index is 1.77. The van der Waals surface area contributed by atoms with Gasteiger partial charge in [-0.2, -0.15) is 5.26 Å². The molecule has 1 aliphatic heterocycles. The fraction of sp³-hybridized carbons (Fsp3) is 0.143. The van der Waals surface area contributed by atoms with E-state index in [1.165, 1.54) is 0 Å². The van der Waals surface area contributed by atoms with Crippen LogP contribution >= 0.6 is 0 Å². The van der Waals surface area contributed by atoms with E-state index in [4.69, 9.17) is 5.26 Å². The number of nitrogens with zero attached hydrogens (tertiary/aromatic N) is 3. The number of carbonyl (C=O) groups excluding carboxylic acids is 1. The Labute approximate surface area is 146 Å². The summed E-state index contributed by atoms with van der Waals surface area (Å²) >= 11 is 0. The van der Waals surface area contributed by atoms with E-state index in [0.717, 1.165) is 17.8 Å². The number of hydrogen-bond acceptors (Lipinski definition) is 2. The molecule has 1 atom stereocenters. The van der Waals surface area contributed by atoms with E-state index in [-0.39, 0.29) is 11.9 Å². The predicted molar refractivity (Wildman–Crippen MR) is 94.9 cm³/mol. The maximum Gasteiger partial charge on any atom is 0.254 e. The molecular weight excluding hydrogens is 310 g/mol. The molecule has 0 saturated carbocycles. The van der Waals surface area contributed by atoms with Gasteiger partial charge in [0.2, 0.25) is 0 Å². The molecule has 0 spiro atoms. The molecule has 4 rings (SSSR count). The molecule has 0 N–H and O–H groups in total. The Morgan fingerprint density at radius 2 is 1.84 bits per heavy atom. The summed E-state index contributed by atoms with van der Waals surface area (Å²) in [5.41, 5.74) is 3.26. The highest BCUT2D eigenvalue weighted by Crippen LogP contribution is 2.33. The highest BCUT2D eigenvalue weighted by atomic mass is 16.2. The van der Waals surface area contributed by atoms with Gasteiger partial charge < -0.3 is 9.47 Å². The molecule has 1 aliphatic rings. The minimum Gasteiger partial charge on any atom is -0.348 e. The van der Waals surface area contributed by atoms with E-state index >= 15 is 0 Å². The molecule has 122 valence electrons. The van der Waals surface area contributed by atoms with Crippen LogP contribution in [0.15, 0.2) is 72.9 Å². The van der Waals surface area contributed by atoms with Crippen LogP contribution in [-0.2, 0) is 6.54 Å². The van der Waals surface area contributed by atoms with Crippen LogP contribution < -0.4 is 0 Å². The summed E-state index contributed by atoms with van der Waals surface area (Å²) in [5.74, 6) is -0.0431. The molecule has 1 amide bonds. The number of nitriles is 1. The molecule has 1 aromatic heterocycles. The molecule has 2 aromatic carbocycles. The number of carbonyl (C=O) groups is 1. The zero-order chi connectivity index (χ0) is 17.2. The molecule has 0 fully saturated rings. The zero-order valence-corrected chi connectivity index (χ0v) is 13.7. The molecule has 0 bridgehead atoms. The first-order valence-corrected chi connectivity index (χ1v) is 8.29. The average Bonchev–Trinajstić information content (AvgIpc) is 3.16. The summed E-state index contributed by atoms with van der Waals surface area (Å²) in [5, 5.41) is 9.11. The molecule has 1 unspecified atom stereocenters. The largest absolute Gasteiger partial charge is 0.348 e. The van der Waals surface area contributed by atoms with Crippen LogP contribution in [0.4, 0.5) is 0 Å². The lowest BCUT2D eigenvalue weighted by Gasteiger charge is -2.37. The van der Waals surface area contributed by atoms with Gasteiger partial charge in [-0.25, -0.2) is 0 Å². The van der Waals surface area contributed by atoms with Crippen molar-refractivity contribution in [1.29, 1.82) is 5.26 Å². The number of benzene rings is 2. The summed E-state index contributed by atoms with van der Waals surface area (Å²) in [6, 6.07) is 23.1. The van der Waals surface area contributed by atoms with E-state index in [1.807, 2.05) is 29.2 Å². The lowest BCUT2D eigenvalue weighted by molar-refractivity contribution is 0.0664. The standard InChI is InChI=1S/C21H17N3O/c22-15-16-6-4-9-18(14-16)21(25)24-13-12-23-11-5-10-19(23)20(24)17-7-2-1-3-8-17/h1-11,14,20H,12-13H2. The Kier molecular flexibility index (Phi) is 3.83. The number of rotatable bonds is 2. The smallest absolute Gasteiger partial charge is 0.254 e. The molecule has 0 saturated heterocycles. The highest BCUT2D eigenvalue weighted by Gasteiger charge is 2.32. The minimum absolute atomic E-state index is 0.0431. The van der Waals surface area contributed by atoms with Gasteiger partial charge in [0.25, 0.3) is 5.91 Å². The van der Waals surface area contributed by atoms with Gasteiger partial charge in [-0.15, -0.1) is 0 Å². The van der Waals surface area contributed by atoms with Crippen LogP contribution in [0, 0.1) is 11.3 Å². The van der Waals surface area contributed by atoms with Gasteiger partial charge in [0, 0.05) is 30.5 Å². The maximum absolute atomic E-state index is 13.2. The van der Waals surface area contributed by atoms with Crippen LogP contribution in [0.3, 0.4) is 0 Å². The van der Waals surface area contributed by atoms with Crippen LogP contribution in [-0.4, -0.2) is 21.9 Å². The molecule has 4 heteroatoms. The maximum atomic E-state index is 13.2. The van der Waals surface area contributed by atoms with Crippen molar-refractivity contribution >= 4 is 5.91 Å². The van der Waals surface area contributed by atoms with E-state index in [1.54, 1.807) is 24.3 Å². The second kappa shape index (κ2) is 6.29. The molecule has 2 heterocycles. The van der Waals surface area contributed by atoms with Crippen molar-refractivity contribution < 1.29 is 4.79 Å². The molecule has 4 nitrogen and oxygen atoms in total. The second-order valence-corrected chi connectivity index (χ2v) is 6.13. The summed E-state index contributed by atoms with van der Waals surface area (Å²) in [4.78, 5) is 15.1. The third-order valence-electron chi connectivity index (χ3n) is 4.65. The molecule has 0 aliphatic carbocycles. The van der Waals surface area contributed by atoms with Crippen LogP contribution in [0.25, 0.3) is 0 Å². The predicted octanol–water partition coefficient (Wildman–Crippen LogP) is 3.61. The fourth-order valence-corrected chi connectivity index (χ4v) is 3.48. The van der Waals surface area contributed by atoms with Crippen LogP contribution in [0.1, 0.15) is 33.2 Å². The van der Waals surface area contributed by atoms with E-state index in [2.05, 4.69) is 35.0 Å². The summed E-state index contributed by atoms with van der Waals surface area (Å²) < 4.78 is 2.20. The number of fused-ring (bicyclic) bond motifs is 1. The summed E-state index contributed by atoms with van der Waals surface area (Å²) in [7, 11) is 0. The first-order valence-electron chi connectivity index (χ1n) is 8.29. The monoisotopic (exact) mass is 327 g/mol. The summed E-state index contributed by atoms with van der Waals surface area (Å²) in [6.07, 6.45) is 2.06. The molecule has 25 heavy (non-hydrogen) atoms. The van der Waals surface area contributed by atoms with Crippen LogP contribution in [0.5, 0.6) is 0 Å². The number of hydrogen-bond donors (Lipinski definition) is 0. The van der Waals surface area contributed by atoms with E-state index < -0.39 is 0 Å². The van der Waals surface area contributed by atoms with Crippen molar-refractivity contribution in [3.8, 4) is 6.07 Å². The van der Waals surface area contributed by atoms with Gasteiger partial charge in [0.1, 0.15) is 0 Å². The van der Waals surface area contributed by atoms with Gasteiger partial charge in [0.05, 0.1) is 17.7 Å². The second-order valence-electron chi connectivity index (χ2n) is 6.13. The first-order chi connectivity index (χ1) is 12.3. The van der Waals surface area contributed by atoms with E-state index in [9.17, 15) is 4.79 Å². The van der Waals surface area contributed by atoms with Gasteiger partial charge in [-0.1, -0.05) is 36.4 Å². The van der Waals surface area contributed by atoms with Crippen molar-refractivity contribution in [3.63, 3.8) is 0 Å². The van der Waals surface area contributed by atoms with Crippen molar-refractivity contribution in [2.24, 2.45) is 0 Å². The van der Waals surface area contributed by atoms with Gasteiger partial charge >= 0.3 is 0 Å². The Hall–Kier alpha value is -3.32. The van der Waals surface area contributed by atoms with Crippen LogP contribution in [0.2, 0.25) is 0 Å². The Morgan fingerprint density at radius 1 is 1.00 bits per heavy atom. The first kappa shape index (κ1) is 15.2. The van der Waals surface area contributed by atoms with Crippen molar-refractivity contribution in [2.45, 2.75) is 12.6 Å². The molecular formula is C21H17N3O. The number of aromatic nitrogens is 1. The fourth-order valence-electron chi connectivity index (χ4n) is 3.48. The molecule has 3 aromatic rings. The Bertz CT molecular complexity index is 953. The summed E-state index contributed by atoms with van der Waals surface area (Å²) in [6.45, 7) is 1.41. The quantitative estimate of drug-likeness (QED) is 0.722. The van der Waals surface area contributed by atoms with E-state index in [0.29, 0.717) is 17.7 Å². The lowest BCUT2D eigenvalue weighted by atomic mass is 9.98. The Morgan fingerprint density at radius 3 is 2.64 bits per heavy atom. The average molecular weight is 327 g/mol. The minimum atomic E-state index is -0.122. The third-order valence-corrected chi connectivity index (χ3v) is 4.65. The lowest BCUT2D eigenvalue weighted by Crippen LogP contribution is -2.42. The van der Waals surface area contributed by atoms with Gasteiger partial charge in [0.15, 0.2) is 0 Å². The van der Waals surface area contributed by atoms with Crippen molar-refractivity contribution in [3.05, 3.63) is 95.3 Å². The highest BCUT2D eigenvalue weighted by molar-refractivity contribution is 5.95. The topological polar surface area (TPSA) is 49.0 Å². The number of amides is 1. The van der Waals surface area contributed by atoms with Gasteiger partial charge in [-0.3, -0.25) is 4.79 Å². The van der Waals surface area contributed by atoms with Gasteiger partial charge in [-0.05, 0) is 35.9 Å². The van der Waals surface area contributed by atoms with Crippen molar-refractivity contribution in [2.75, 3.05) is 6.54 Å². The zero-order valence-electron chi connectivity index (χ0n) is 13.7. The van der Waals surface area contributed by atoms with Crippen molar-refractivity contribution in [1.82, 2.24) is 9.47 Å².